The maximum atomic E-state index is 13.2. The quantitative estimate of drug-likeness (QED) is 0.674. The molecular formula is C20H19F2N5O2. The van der Waals surface area contributed by atoms with E-state index < -0.39 is 24.6 Å². The molecule has 3 aromatic rings. The van der Waals surface area contributed by atoms with Crippen molar-refractivity contribution in [2.45, 2.75) is 38.8 Å². The highest BCUT2D eigenvalue weighted by molar-refractivity contribution is 5.92. The van der Waals surface area contributed by atoms with Crippen LogP contribution in [0.5, 0.6) is 0 Å². The smallest absolute Gasteiger partial charge is 0.274 e. The monoisotopic (exact) mass is 399 g/mol. The van der Waals surface area contributed by atoms with Gasteiger partial charge in [-0.25, -0.2) is 18.7 Å². The zero-order valence-corrected chi connectivity index (χ0v) is 15.8. The Morgan fingerprint density at radius 3 is 2.76 bits per heavy atom. The zero-order chi connectivity index (χ0) is 20.5. The Bertz CT molecular complexity index is 1110. The van der Waals surface area contributed by atoms with Crippen LogP contribution in [-0.4, -0.2) is 43.3 Å². The predicted molar refractivity (Wildman–Crippen MR) is 102 cm³/mol. The van der Waals surface area contributed by atoms with Gasteiger partial charge in [0.05, 0.1) is 35.4 Å². The van der Waals surface area contributed by atoms with Crippen LogP contribution >= 0.6 is 0 Å². The molecule has 1 unspecified atom stereocenters. The molecule has 0 spiro atoms. The number of fused-ring (bicyclic) bond motifs is 1. The third-order valence-electron chi connectivity index (χ3n) is 5.02. The van der Waals surface area contributed by atoms with E-state index in [-0.39, 0.29) is 22.8 Å². The van der Waals surface area contributed by atoms with Crippen molar-refractivity contribution in [2.75, 3.05) is 6.54 Å². The summed E-state index contributed by atoms with van der Waals surface area (Å²) in [6.45, 7) is 1.42. The Hall–Kier alpha value is -3.23. The SMILES string of the molecule is Cc1cnc(C(=O)N2CCCC2c2nc3ccccc3c(=O)n2CC(F)F)cn1. The second kappa shape index (κ2) is 7.65. The molecule has 1 aromatic carbocycles. The highest BCUT2D eigenvalue weighted by atomic mass is 19.3. The Kier molecular flexibility index (Phi) is 5.04. The van der Waals surface area contributed by atoms with Gasteiger partial charge in [0.1, 0.15) is 11.5 Å². The molecule has 1 saturated heterocycles. The fourth-order valence-corrected chi connectivity index (χ4v) is 3.68. The summed E-state index contributed by atoms with van der Waals surface area (Å²) in [4.78, 5) is 40.2. The molecule has 1 atom stereocenters. The fraction of sp³-hybridized carbons (Fsp3) is 0.350. The lowest BCUT2D eigenvalue weighted by molar-refractivity contribution is 0.0714. The van der Waals surface area contributed by atoms with Crippen molar-refractivity contribution in [3.05, 3.63) is 64.2 Å². The van der Waals surface area contributed by atoms with Gasteiger partial charge in [0, 0.05) is 12.7 Å². The number of nitrogens with zero attached hydrogens (tertiary/aromatic N) is 5. The Morgan fingerprint density at radius 2 is 2.03 bits per heavy atom. The molecule has 0 radical (unpaired) electrons. The minimum Gasteiger partial charge on any atom is -0.327 e. The number of halogens is 2. The number of carbonyl (C=O) groups excluding carboxylic acids is 1. The highest BCUT2D eigenvalue weighted by Gasteiger charge is 2.35. The molecule has 0 aliphatic carbocycles. The number of alkyl halides is 2. The molecule has 1 aliphatic heterocycles. The van der Waals surface area contributed by atoms with E-state index in [9.17, 15) is 18.4 Å². The third kappa shape index (κ3) is 3.59. The summed E-state index contributed by atoms with van der Waals surface area (Å²) in [5, 5.41) is 0.275. The number of rotatable bonds is 4. The first-order valence-electron chi connectivity index (χ1n) is 9.33. The topological polar surface area (TPSA) is 81.0 Å². The molecule has 0 bridgehead atoms. The maximum absolute atomic E-state index is 13.2. The molecule has 2 aromatic heterocycles. The van der Waals surface area contributed by atoms with Crippen molar-refractivity contribution in [1.29, 1.82) is 0 Å². The summed E-state index contributed by atoms with van der Waals surface area (Å²) >= 11 is 0. The molecule has 150 valence electrons. The molecule has 29 heavy (non-hydrogen) atoms. The van der Waals surface area contributed by atoms with Gasteiger partial charge in [-0.05, 0) is 31.9 Å². The van der Waals surface area contributed by atoms with E-state index in [2.05, 4.69) is 15.0 Å². The van der Waals surface area contributed by atoms with E-state index in [0.717, 1.165) is 4.57 Å². The molecule has 1 fully saturated rings. The largest absolute Gasteiger partial charge is 0.327 e. The third-order valence-corrected chi connectivity index (χ3v) is 5.02. The van der Waals surface area contributed by atoms with Crippen LogP contribution in [0.3, 0.4) is 0 Å². The first-order valence-corrected chi connectivity index (χ1v) is 9.33. The molecule has 4 rings (SSSR count). The second-order valence-electron chi connectivity index (χ2n) is 6.99. The van der Waals surface area contributed by atoms with E-state index in [0.29, 0.717) is 30.6 Å². The summed E-state index contributed by atoms with van der Waals surface area (Å²) in [7, 11) is 0. The number of hydrogen-bond donors (Lipinski definition) is 0. The lowest BCUT2D eigenvalue weighted by Crippen LogP contribution is -2.36. The zero-order valence-electron chi connectivity index (χ0n) is 15.8. The van der Waals surface area contributed by atoms with Crippen LogP contribution in [-0.2, 0) is 6.54 Å². The van der Waals surface area contributed by atoms with Gasteiger partial charge in [0.15, 0.2) is 0 Å². The normalized spacial score (nSPS) is 16.7. The molecule has 0 N–H and O–H groups in total. The van der Waals surface area contributed by atoms with Crippen molar-refractivity contribution in [1.82, 2.24) is 24.4 Å². The molecule has 3 heterocycles. The van der Waals surface area contributed by atoms with Gasteiger partial charge in [-0.1, -0.05) is 12.1 Å². The highest BCUT2D eigenvalue weighted by Crippen LogP contribution is 2.32. The minimum atomic E-state index is -2.72. The Morgan fingerprint density at radius 1 is 1.24 bits per heavy atom. The molecule has 1 amide bonds. The number of carbonyl (C=O) groups is 1. The lowest BCUT2D eigenvalue weighted by atomic mass is 10.1. The van der Waals surface area contributed by atoms with Gasteiger partial charge in [-0.3, -0.25) is 19.1 Å². The van der Waals surface area contributed by atoms with Gasteiger partial charge in [0.25, 0.3) is 17.9 Å². The molecule has 7 nitrogen and oxygen atoms in total. The van der Waals surface area contributed by atoms with E-state index >= 15 is 0 Å². The van der Waals surface area contributed by atoms with Crippen molar-refractivity contribution in [2.24, 2.45) is 0 Å². The molecule has 1 aliphatic rings. The second-order valence-corrected chi connectivity index (χ2v) is 6.99. The van der Waals surface area contributed by atoms with Crippen LogP contribution in [0.1, 0.15) is 40.9 Å². The van der Waals surface area contributed by atoms with Gasteiger partial charge in [-0.15, -0.1) is 0 Å². The Balaban J connectivity index is 1.80. The number of likely N-dealkylation sites (tertiary alicyclic amines) is 1. The average Bonchev–Trinajstić information content (AvgIpc) is 3.19. The van der Waals surface area contributed by atoms with Gasteiger partial charge in [0.2, 0.25) is 0 Å². The van der Waals surface area contributed by atoms with Crippen LogP contribution < -0.4 is 5.56 Å². The summed E-state index contributed by atoms with van der Waals surface area (Å²) in [6.07, 6.45) is 1.38. The summed E-state index contributed by atoms with van der Waals surface area (Å²) in [6, 6.07) is 6.05. The van der Waals surface area contributed by atoms with Crippen molar-refractivity contribution in [3.8, 4) is 0 Å². The fourth-order valence-electron chi connectivity index (χ4n) is 3.68. The van der Waals surface area contributed by atoms with Crippen molar-refractivity contribution in [3.63, 3.8) is 0 Å². The number of aromatic nitrogens is 4. The van der Waals surface area contributed by atoms with E-state index in [1.807, 2.05) is 0 Å². The molecule has 9 heteroatoms. The minimum absolute atomic E-state index is 0.172. The van der Waals surface area contributed by atoms with Crippen LogP contribution in [0.15, 0.2) is 41.5 Å². The number of aryl methyl sites for hydroxylation is 1. The maximum Gasteiger partial charge on any atom is 0.274 e. The predicted octanol–water partition coefficient (Wildman–Crippen LogP) is 2.74. The molecular weight excluding hydrogens is 380 g/mol. The summed E-state index contributed by atoms with van der Waals surface area (Å²) in [5.74, 6) is -0.175. The van der Waals surface area contributed by atoms with Crippen LogP contribution in [0.25, 0.3) is 10.9 Å². The first-order chi connectivity index (χ1) is 14.0. The van der Waals surface area contributed by atoms with Crippen molar-refractivity contribution < 1.29 is 13.6 Å². The first kappa shape index (κ1) is 19.1. The number of amides is 1. The average molecular weight is 399 g/mol. The Labute approximate surface area is 165 Å². The number of para-hydroxylation sites is 1. The van der Waals surface area contributed by atoms with Crippen LogP contribution in [0.2, 0.25) is 0 Å². The van der Waals surface area contributed by atoms with E-state index in [1.54, 1.807) is 31.2 Å². The van der Waals surface area contributed by atoms with Crippen LogP contribution in [0.4, 0.5) is 8.78 Å². The summed E-state index contributed by atoms with van der Waals surface area (Å²) in [5.41, 5.74) is 0.750. The van der Waals surface area contributed by atoms with Gasteiger partial charge in [-0.2, -0.15) is 0 Å². The number of hydrogen-bond acceptors (Lipinski definition) is 5. The molecule has 0 saturated carbocycles. The van der Waals surface area contributed by atoms with Crippen molar-refractivity contribution >= 4 is 16.8 Å². The van der Waals surface area contributed by atoms with Gasteiger partial charge < -0.3 is 4.90 Å². The van der Waals surface area contributed by atoms with E-state index in [1.165, 1.54) is 17.3 Å². The summed E-state index contributed by atoms with van der Waals surface area (Å²) < 4.78 is 27.5. The standard InChI is InChI=1S/C20H19F2N5O2/c1-12-9-24-15(10-23-12)20(29)26-8-4-7-16(26)18-25-14-6-3-2-5-13(14)19(28)27(18)11-17(21)22/h2-3,5-6,9-10,16-17H,4,7-8,11H2,1H3. The van der Waals surface area contributed by atoms with Gasteiger partial charge >= 0.3 is 0 Å². The van der Waals surface area contributed by atoms with E-state index in [4.69, 9.17) is 0 Å². The number of benzene rings is 1. The van der Waals surface area contributed by atoms with Crippen LogP contribution in [0, 0.1) is 6.92 Å². The lowest BCUT2D eigenvalue weighted by Gasteiger charge is -2.26.